The molecule has 0 radical (unpaired) electrons. The molecule has 4 aromatic rings. The van der Waals surface area contributed by atoms with Gasteiger partial charge in [0.2, 0.25) is 5.91 Å². The summed E-state index contributed by atoms with van der Waals surface area (Å²) in [6, 6.07) is 2.94. The number of aromatic nitrogens is 5. The smallest absolute Gasteiger partial charge is 0.332 e. The quantitative estimate of drug-likeness (QED) is 0.319. The van der Waals surface area contributed by atoms with Gasteiger partial charge in [0.25, 0.3) is 5.56 Å². The number of benzene rings is 1. The first-order valence-corrected chi connectivity index (χ1v) is 12.7. The Balaban J connectivity index is 1.76. The summed E-state index contributed by atoms with van der Waals surface area (Å²) < 4.78 is 27.9. The zero-order chi connectivity index (χ0) is 27.0. The van der Waals surface area contributed by atoms with Crippen molar-refractivity contribution in [1.29, 1.82) is 0 Å². The third-order valence-electron chi connectivity index (χ3n) is 6.45. The molecule has 1 saturated heterocycles. The third-order valence-corrected chi connectivity index (χ3v) is 7.73. The molecule has 1 aliphatic heterocycles. The van der Waals surface area contributed by atoms with E-state index in [9.17, 15) is 23.9 Å². The summed E-state index contributed by atoms with van der Waals surface area (Å²) in [6.07, 6.45) is 2.32. The van der Waals surface area contributed by atoms with Crippen molar-refractivity contribution < 1.29 is 23.8 Å². The lowest BCUT2D eigenvalue weighted by atomic mass is 10.1. The number of aliphatic hydroxyl groups is 1. The second-order valence-electron chi connectivity index (χ2n) is 8.66. The zero-order valence-corrected chi connectivity index (χ0v) is 21.4. The fraction of sp³-hybridized carbons (Fsp3) is 0.375. The second kappa shape index (κ2) is 10.5. The van der Waals surface area contributed by atoms with Crippen molar-refractivity contribution in [3.05, 3.63) is 68.4 Å². The number of hydrogen-bond donors (Lipinski definition) is 2. The van der Waals surface area contributed by atoms with Gasteiger partial charge < -0.3 is 19.9 Å². The zero-order valence-electron chi connectivity index (χ0n) is 20.6. The molecule has 0 spiro atoms. The molecule has 0 bridgehead atoms. The van der Waals surface area contributed by atoms with E-state index in [1.54, 1.807) is 6.92 Å². The van der Waals surface area contributed by atoms with E-state index in [2.05, 4.69) is 15.5 Å². The number of halogens is 1. The molecule has 200 valence electrons. The molecular weight excluding hydrogens is 519 g/mol. The van der Waals surface area contributed by atoms with Gasteiger partial charge in [-0.1, -0.05) is 11.3 Å². The molecular formula is C24H25FN6O6S. The van der Waals surface area contributed by atoms with Gasteiger partial charge in [0.15, 0.2) is 0 Å². The van der Waals surface area contributed by atoms with Crippen LogP contribution in [0.3, 0.4) is 0 Å². The van der Waals surface area contributed by atoms with Crippen molar-refractivity contribution in [3.63, 3.8) is 0 Å². The van der Waals surface area contributed by atoms with Crippen molar-refractivity contribution in [2.45, 2.75) is 32.0 Å². The van der Waals surface area contributed by atoms with Crippen LogP contribution in [-0.2, 0) is 16.1 Å². The maximum Gasteiger partial charge on any atom is 0.332 e. The summed E-state index contributed by atoms with van der Waals surface area (Å²) >= 11 is 1.14. The van der Waals surface area contributed by atoms with Crippen molar-refractivity contribution in [3.8, 4) is 10.8 Å². The van der Waals surface area contributed by atoms with Crippen LogP contribution >= 0.6 is 11.3 Å². The van der Waals surface area contributed by atoms with Gasteiger partial charge in [0.1, 0.15) is 33.5 Å². The van der Waals surface area contributed by atoms with E-state index in [-0.39, 0.29) is 31.6 Å². The molecule has 4 heterocycles. The van der Waals surface area contributed by atoms with E-state index >= 15 is 0 Å². The van der Waals surface area contributed by atoms with Gasteiger partial charge in [-0.15, -0.1) is 4.80 Å². The van der Waals surface area contributed by atoms with Crippen LogP contribution in [-0.4, -0.2) is 62.0 Å². The van der Waals surface area contributed by atoms with Crippen LogP contribution in [0.1, 0.15) is 29.7 Å². The van der Waals surface area contributed by atoms with E-state index in [1.165, 1.54) is 47.1 Å². The number of thiophene rings is 1. The summed E-state index contributed by atoms with van der Waals surface area (Å²) in [5.41, 5.74) is -0.437. The molecule has 2 atom stereocenters. The average molecular weight is 545 g/mol. The fourth-order valence-electron chi connectivity index (χ4n) is 4.69. The highest BCUT2D eigenvalue weighted by Crippen LogP contribution is 2.34. The number of amides is 1. The molecule has 2 N–H and O–H groups in total. The lowest BCUT2D eigenvalue weighted by molar-refractivity contribution is -0.122. The van der Waals surface area contributed by atoms with Crippen LogP contribution in [0.25, 0.3) is 15.2 Å². The van der Waals surface area contributed by atoms with Crippen molar-refractivity contribution in [1.82, 2.24) is 29.4 Å². The number of carbonyl (C=O) groups excluding carboxylic acids is 1. The topological polar surface area (TPSA) is 142 Å². The predicted octanol–water partition coefficient (Wildman–Crippen LogP) is 1.07. The summed E-state index contributed by atoms with van der Waals surface area (Å²) in [5.74, 6) is -0.634. The maximum absolute atomic E-state index is 14.3. The normalized spacial score (nSPS) is 16.2. The number of methoxy groups -OCH3 is 1. The van der Waals surface area contributed by atoms with E-state index in [1.807, 2.05) is 0 Å². The lowest BCUT2D eigenvalue weighted by Crippen LogP contribution is -2.44. The van der Waals surface area contributed by atoms with Crippen LogP contribution in [0.2, 0.25) is 0 Å². The van der Waals surface area contributed by atoms with E-state index in [4.69, 9.17) is 9.47 Å². The number of hydrogen-bond acceptors (Lipinski definition) is 9. The molecule has 5 rings (SSSR count). The molecule has 1 amide bonds. The Hall–Kier alpha value is -3.88. The van der Waals surface area contributed by atoms with Crippen LogP contribution in [0.4, 0.5) is 4.39 Å². The second-order valence-corrected chi connectivity index (χ2v) is 9.64. The molecule has 1 unspecified atom stereocenters. The van der Waals surface area contributed by atoms with Gasteiger partial charge in [-0.3, -0.25) is 14.2 Å². The summed E-state index contributed by atoms with van der Waals surface area (Å²) in [4.78, 5) is 41.9. The SMILES string of the molecule is COc1ccc(F)cc1[C@H](Cn1c(=O)n(C2CCNC2=O)c(=O)c2c(C)c(-n3nccn3)sc21)OCCO. The first-order chi connectivity index (χ1) is 18.3. The minimum Gasteiger partial charge on any atom is -0.496 e. The van der Waals surface area contributed by atoms with E-state index < -0.39 is 35.1 Å². The van der Waals surface area contributed by atoms with Crippen LogP contribution in [0, 0.1) is 12.7 Å². The van der Waals surface area contributed by atoms with Crippen LogP contribution in [0.5, 0.6) is 5.75 Å². The molecule has 0 saturated carbocycles. The number of rotatable bonds is 9. The molecule has 1 aliphatic rings. The van der Waals surface area contributed by atoms with Crippen LogP contribution in [0.15, 0.2) is 40.2 Å². The van der Waals surface area contributed by atoms with Gasteiger partial charge in [-0.25, -0.2) is 13.8 Å². The lowest BCUT2D eigenvalue weighted by Gasteiger charge is -2.23. The van der Waals surface area contributed by atoms with Gasteiger partial charge in [0.05, 0.1) is 44.6 Å². The van der Waals surface area contributed by atoms with Crippen molar-refractivity contribution in [2.75, 3.05) is 26.9 Å². The largest absolute Gasteiger partial charge is 0.496 e. The Morgan fingerprint density at radius 3 is 2.68 bits per heavy atom. The molecule has 3 aromatic heterocycles. The molecule has 1 aromatic carbocycles. The monoisotopic (exact) mass is 544 g/mol. The molecule has 12 nitrogen and oxygen atoms in total. The Labute approximate surface area is 218 Å². The van der Waals surface area contributed by atoms with Gasteiger partial charge in [-0.2, -0.15) is 10.2 Å². The number of fused-ring (bicyclic) bond motifs is 1. The summed E-state index contributed by atoms with van der Waals surface area (Å²) in [7, 11) is 1.43. The van der Waals surface area contributed by atoms with E-state index in [0.29, 0.717) is 33.3 Å². The highest BCUT2D eigenvalue weighted by Gasteiger charge is 2.32. The number of aliphatic hydroxyl groups excluding tert-OH is 1. The van der Waals surface area contributed by atoms with Gasteiger partial charge in [0, 0.05) is 17.7 Å². The highest BCUT2D eigenvalue weighted by molar-refractivity contribution is 7.21. The average Bonchev–Trinajstić information content (AvgIpc) is 3.65. The minimum absolute atomic E-state index is 0.0984. The van der Waals surface area contributed by atoms with Crippen molar-refractivity contribution >= 4 is 27.5 Å². The molecule has 0 aliphatic carbocycles. The minimum atomic E-state index is -0.975. The number of ether oxygens (including phenoxy) is 2. The van der Waals surface area contributed by atoms with E-state index in [0.717, 1.165) is 15.9 Å². The number of aryl methyl sites for hydroxylation is 1. The van der Waals surface area contributed by atoms with Crippen LogP contribution < -0.4 is 21.3 Å². The number of carbonyl (C=O) groups is 1. The predicted molar refractivity (Wildman–Crippen MR) is 135 cm³/mol. The first-order valence-electron chi connectivity index (χ1n) is 11.8. The van der Waals surface area contributed by atoms with Crippen molar-refractivity contribution in [2.24, 2.45) is 0 Å². The number of nitrogens with zero attached hydrogens (tertiary/aromatic N) is 5. The van der Waals surface area contributed by atoms with Gasteiger partial charge >= 0.3 is 5.69 Å². The molecule has 38 heavy (non-hydrogen) atoms. The summed E-state index contributed by atoms with van der Waals surface area (Å²) in [5, 5.41) is 21.2. The Morgan fingerprint density at radius 1 is 1.26 bits per heavy atom. The Kier molecular flexibility index (Phi) is 7.10. The summed E-state index contributed by atoms with van der Waals surface area (Å²) in [6.45, 7) is 1.49. The fourth-order valence-corrected chi connectivity index (χ4v) is 5.91. The Morgan fingerprint density at radius 2 is 2.03 bits per heavy atom. The highest BCUT2D eigenvalue weighted by atomic mass is 32.1. The number of nitrogens with one attached hydrogen (secondary N) is 1. The Bertz CT molecular complexity index is 1610. The van der Waals surface area contributed by atoms with Gasteiger partial charge in [-0.05, 0) is 31.5 Å². The first kappa shape index (κ1) is 25.8. The maximum atomic E-state index is 14.3. The standard InChI is InChI=1S/C24H25FN6O6S/c1-13-19-21(34)30(16-5-6-26-20(16)33)24(35)29(23(19)38-22(13)31-27-7-8-28-31)12-18(37-10-9-32)15-11-14(25)3-4-17(15)36-2/h3-4,7-8,11,16,18,32H,5-6,9-10,12H2,1-2H3,(H,26,33)/t16?,18-/m0/s1. The molecule has 1 fully saturated rings. The molecule has 14 heteroatoms. The third kappa shape index (κ3) is 4.40.